The first-order valence-corrected chi connectivity index (χ1v) is 33.7. The Morgan fingerprint density at radius 1 is 0.577 bits per heavy atom. The second kappa shape index (κ2) is 53.3. The number of carboxylic acids is 1. The van der Waals surface area contributed by atoms with Gasteiger partial charge in [0.05, 0.1) is 42.1 Å². The van der Waals surface area contributed by atoms with Crippen LogP contribution in [0.25, 0.3) is 0 Å². The van der Waals surface area contributed by atoms with Crippen LogP contribution in [0.15, 0.2) is 165 Å². The Morgan fingerprint density at radius 2 is 0.913 bits per heavy atom. The first-order valence-electron chi connectivity index (χ1n) is 33.7. The number of nitrogens with zero attached hydrogens (tertiary/aromatic N) is 6. The zero-order valence-electron chi connectivity index (χ0n) is 62.5. The van der Waals surface area contributed by atoms with Crippen LogP contribution >= 0.6 is 0 Å². The number of rotatable bonds is 26. The monoisotopic (exact) mass is 1520 g/mol. The molecule has 0 fully saturated rings. The van der Waals surface area contributed by atoms with Crippen LogP contribution in [0.5, 0.6) is 0 Å². The minimum Gasteiger partial charge on any atom is -1.00 e. The molecule has 4 aromatic carbocycles. The number of aryl methyl sites for hydroxylation is 8. The summed E-state index contributed by atoms with van der Waals surface area (Å²) in [5.74, 6) is -1.65. The summed E-state index contributed by atoms with van der Waals surface area (Å²) in [4.78, 5) is 83.8. The van der Waals surface area contributed by atoms with Gasteiger partial charge in [0.1, 0.15) is 41.9 Å². The third-order valence-corrected chi connectivity index (χ3v) is 17.6. The topological polar surface area (TPSA) is 299 Å². The number of esters is 1. The van der Waals surface area contributed by atoms with Gasteiger partial charge in [-0.2, -0.15) is 0 Å². The first-order chi connectivity index (χ1) is 46.2. The number of hydrogen-bond acceptors (Lipinski definition) is 16. The van der Waals surface area contributed by atoms with Gasteiger partial charge >= 0.3 is 92.4 Å². The van der Waals surface area contributed by atoms with E-state index in [2.05, 4.69) is 82.2 Å². The summed E-state index contributed by atoms with van der Waals surface area (Å²) in [7, 11) is 0. The van der Waals surface area contributed by atoms with Crippen LogP contribution in [0.4, 0.5) is 4.79 Å². The van der Waals surface area contributed by atoms with Crippen LogP contribution in [0, 0.1) is 51.4 Å². The van der Waals surface area contributed by atoms with Crippen LogP contribution in [-0.2, 0) is 54.5 Å². The maximum Gasteiger partial charge on any atom is 2.00 e. The van der Waals surface area contributed by atoms with Crippen LogP contribution in [-0.4, -0.2) is 142 Å². The number of carbonyl (C=O) groups excluding carboxylic acids is 5. The van der Waals surface area contributed by atoms with E-state index in [1.54, 1.807) is 37.2 Å². The summed E-state index contributed by atoms with van der Waals surface area (Å²) in [6.07, 6.45) is 21.4. The molecule has 0 spiro atoms. The molecule has 566 valence electrons. The largest absolute Gasteiger partial charge is 2.00 e. The van der Waals surface area contributed by atoms with E-state index in [0.717, 1.165) is 43.2 Å². The van der Waals surface area contributed by atoms with Gasteiger partial charge in [-0.3, -0.25) is 32.9 Å². The summed E-state index contributed by atoms with van der Waals surface area (Å²) < 4.78 is 9.76. The van der Waals surface area contributed by atoms with E-state index in [4.69, 9.17) is 15.1 Å². The van der Waals surface area contributed by atoms with Crippen molar-refractivity contribution in [1.82, 2.24) is 28.7 Å². The van der Waals surface area contributed by atoms with E-state index < -0.39 is 34.3 Å². The molecule has 4 atom stereocenters. The van der Waals surface area contributed by atoms with Gasteiger partial charge in [0.15, 0.2) is 0 Å². The molecule has 1 aliphatic heterocycles. The Bertz CT molecular complexity index is 3490. The number of carboxylic acid groups (broad SMARTS) is 1. The summed E-state index contributed by atoms with van der Waals surface area (Å²) in [5, 5.41) is 59.7. The van der Waals surface area contributed by atoms with Gasteiger partial charge in [-0.25, -0.2) is 24.5 Å². The molecule has 0 unspecified atom stereocenters. The quantitative estimate of drug-likeness (QED) is 0.0153. The van der Waals surface area contributed by atoms with Crippen molar-refractivity contribution in [2.45, 2.75) is 224 Å². The molecule has 3 aromatic heterocycles. The number of hydrogen-bond donors (Lipinski definition) is 5. The third kappa shape index (κ3) is 38.8. The van der Waals surface area contributed by atoms with Crippen molar-refractivity contribution in [2.24, 2.45) is 23.7 Å². The van der Waals surface area contributed by atoms with Crippen molar-refractivity contribution in [1.29, 1.82) is 0 Å². The number of ether oxygens (including phenoxy) is 1. The zero-order chi connectivity index (χ0) is 73.2. The van der Waals surface area contributed by atoms with Crippen molar-refractivity contribution in [3.8, 4) is 0 Å². The summed E-state index contributed by atoms with van der Waals surface area (Å²) >= 11 is 0. The van der Waals surface area contributed by atoms with Crippen molar-refractivity contribution >= 4 is 58.5 Å². The van der Waals surface area contributed by atoms with Gasteiger partial charge < -0.3 is 65.2 Å². The molecule has 8 rings (SSSR count). The van der Waals surface area contributed by atoms with Crippen LogP contribution in [0.1, 0.15) is 198 Å². The number of cyclic esters (lactones) is 1. The Hall–Kier alpha value is -5.55. The number of halogens is 2. The molecule has 0 bridgehead atoms. The average molecular weight is 1520 g/mol. The van der Waals surface area contributed by atoms with Crippen molar-refractivity contribution < 1.29 is 145 Å². The predicted octanol–water partition coefficient (Wildman–Crippen LogP) is 5.18. The van der Waals surface area contributed by atoms with Gasteiger partial charge in [-0.1, -0.05) is 196 Å². The fraction of sp³-hybridized carbons (Fsp3) is 0.487. The molecule has 1 aliphatic rings. The van der Waals surface area contributed by atoms with Gasteiger partial charge in [0.2, 0.25) is 5.91 Å². The molecule has 24 heteroatoms. The second-order valence-corrected chi connectivity index (χ2v) is 26.9. The van der Waals surface area contributed by atoms with E-state index in [0.29, 0.717) is 38.7 Å². The normalized spacial score (nSPS) is 14.2. The van der Waals surface area contributed by atoms with E-state index in [9.17, 15) is 49.2 Å². The van der Waals surface area contributed by atoms with Crippen LogP contribution < -0.4 is 81.5 Å². The smallest absolute Gasteiger partial charge is 1.00 e. The molecule has 0 saturated carbocycles. The third-order valence-electron chi connectivity index (χ3n) is 17.6. The van der Waals surface area contributed by atoms with Gasteiger partial charge in [-0.15, -0.1) is 0 Å². The van der Waals surface area contributed by atoms with Crippen molar-refractivity contribution in [3.05, 3.63) is 210 Å². The number of aromatic nitrogens is 6. The molecule has 4 heterocycles. The van der Waals surface area contributed by atoms with E-state index in [1.807, 2.05) is 125 Å². The number of carbonyl (C=O) groups is 6. The number of imidazole rings is 3. The Balaban J connectivity index is -0.000000587. The van der Waals surface area contributed by atoms with E-state index in [1.165, 1.54) is 79.1 Å². The molecule has 5 N–H and O–H groups in total. The maximum absolute atomic E-state index is 12.2. The molecule has 0 radical (unpaired) electrons. The van der Waals surface area contributed by atoms with Gasteiger partial charge in [0, 0.05) is 56.6 Å². The summed E-state index contributed by atoms with van der Waals surface area (Å²) in [6, 6.07) is 32.8. The molecular weight excluding hydrogens is 1400 g/mol. The maximum atomic E-state index is 12.2. The van der Waals surface area contributed by atoms with Crippen molar-refractivity contribution in [2.75, 3.05) is 6.61 Å². The minimum absolute atomic E-state index is 0. The Labute approximate surface area is 690 Å². The number of aliphatic hydroxyl groups is 4. The zero-order valence-corrected chi connectivity index (χ0v) is 68.5. The number of Topliss-reactive ketones (excluding diaryl/α,β-unsaturated/α-hetero) is 2. The summed E-state index contributed by atoms with van der Waals surface area (Å²) in [5.41, 5.74) is 5.76. The predicted molar refractivity (Wildman–Crippen MR) is 397 cm³/mol. The van der Waals surface area contributed by atoms with Gasteiger partial charge in [-0.05, 0) is 138 Å². The van der Waals surface area contributed by atoms with E-state index in [-0.39, 0.29) is 193 Å². The Morgan fingerprint density at radius 3 is 1.19 bits per heavy atom. The fourth-order valence-corrected chi connectivity index (χ4v) is 10.4. The van der Waals surface area contributed by atoms with Gasteiger partial charge in [0.25, 0.3) is 0 Å². The molecule has 7 aromatic rings. The molecule has 104 heavy (non-hydrogen) atoms. The number of benzene rings is 4. The fourth-order valence-electron chi connectivity index (χ4n) is 10.4. The molecule has 0 aliphatic carbocycles. The number of aliphatic carboxylic acids is 1. The molecule has 0 saturated heterocycles. The average Bonchev–Trinajstić information content (AvgIpc) is 1.73. The minimum atomic E-state index is -1.13. The number of ketones is 2. The SMILES string of the molecule is C.C.CC(=O)CC(=O)C[C@@](O)(CCc1ccc(C)cc1)C(C)C.CCCO[O-].Cc1ccc(CC[C@@]2(C(C)C)CC(O)=CC(=O)O2)cc1.Cc1ccc(CC[C@](O)(CC(=O)O)C(C)C)cc1.Cc1ccc(CC[C@](O)(CC(=O)n2ccnc2)C(C)C)cc1.O=C(n1ccnc1)n1ccnc1.[Cl-].[Cl-].[K+].[Mg+2]. The van der Waals surface area contributed by atoms with Crippen LogP contribution in [0.2, 0.25) is 0 Å². The molecular formula is C80H115Cl2KMgN6O14. The number of aliphatic hydroxyl groups excluding tert-OH is 1. The molecule has 20 nitrogen and oxygen atoms in total. The van der Waals surface area contributed by atoms with Crippen LogP contribution in [0.3, 0.4) is 0 Å². The standard InChI is InChI=1S/C18H24N2O2.C18H26O3.C17H22O3.C15H22O3.C7H6N4O.C3H8O2.2CH4.2ClH.K.Mg/c1-14(2)18(22,12-17(21)20-11-10-19-13-20)9-8-16-6-4-15(3)5-7-16;1-13(2)18(21,12-17(20)11-15(4)19)10-9-16-7-5-14(3)6-8-16;1-12(2)17(11-15(18)10-16(19)20-17)9-8-14-6-4-13(3)5-7-14;1-11(2)15(18,10-14(16)17)9-8-13-6-4-12(3)5-7-13;12-7(10-3-1-8-5-10)11-4-2-9-6-11;1-2-3-5-4;;;;;;/h4-7,10-11,13-14,22H,8-9,12H2,1-3H3;5-8,13,21H,9-12H2,1-4H3;4-7,10,12,18H,8-9,11H2,1-3H3;4-7,11,18H,8-10H2,1-3H3,(H,16,17);1-6H;4H,2-3H2,1H3;2*1H4;2*1H;;/q;;;;;;;;;;+1;+2/p-3/t2*18-;17-;15-;;;;;;;;/m0000......../s1. The van der Waals surface area contributed by atoms with Crippen molar-refractivity contribution in [3.63, 3.8) is 0 Å². The Kier molecular flexibility index (Phi) is 53.7. The first kappa shape index (κ1) is 105. The molecule has 0 amide bonds. The van der Waals surface area contributed by atoms with E-state index >= 15 is 0 Å². The summed E-state index contributed by atoms with van der Waals surface area (Å²) in [6.45, 7) is 27.3. The second-order valence-electron chi connectivity index (χ2n) is 26.9.